The number of anilines is 1. The van der Waals surface area contributed by atoms with Crippen LogP contribution in [0.3, 0.4) is 0 Å². The van der Waals surface area contributed by atoms with E-state index < -0.39 is 52.4 Å². The van der Waals surface area contributed by atoms with Gasteiger partial charge in [0.25, 0.3) is 5.91 Å². The summed E-state index contributed by atoms with van der Waals surface area (Å²) in [4.78, 5) is 40.7. The van der Waals surface area contributed by atoms with Gasteiger partial charge in [-0.25, -0.2) is 13.6 Å². The van der Waals surface area contributed by atoms with E-state index in [1.165, 1.54) is 0 Å². The maximum atomic E-state index is 15.2. The van der Waals surface area contributed by atoms with Crippen LogP contribution in [0.2, 0.25) is 0 Å². The Morgan fingerprint density at radius 1 is 0.914 bits per heavy atom. The number of alkyl halides is 2. The van der Waals surface area contributed by atoms with Gasteiger partial charge in [0, 0.05) is 39.5 Å². The number of carboxylic acid groups (broad SMARTS) is 2. The summed E-state index contributed by atoms with van der Waals surface area (Å²) in [6.07, 6.45) is -0.890. The number of halogens is 4. The summed E-state index contributed by atoms with van der Waals surface area (Å²) in [6, 6.07) is 1.86. The Hall–Kier alpha value is -1.25. The minimum absolute atomic E-state index is 0.233. The van der Waals surface area contributed by atoms with Crippen molar-refractivity contribution in [3.8, 4) is 0 Å². The maximum absolute atomic E-state index is 15.2. The molecule has 1 amide bonds. The van der Waals surface area contributed by atoms with Crippen LogP contribution >= 0.6 is 45.2 Å². The van der Waals surface area contributed by atoms with Gasteiger partial charge in [0.05, 0.1) is 0 Å². The molecule has 1 atom stereocenters. The molecule has 1 rings (SSSR count). The normalized spacial score (nSPS) is 13.8. The van der Waals surface area contributed by atoms with Crippen LogP contribution in [0.25, 0.3) is 0 Å². The molecule has 0 unspecified atom stereocenters. The van der Waals surface area contributed by atoms with E-state index in [0.29, 0.717) is 21.9 Å². The Morgan fingerprint density at radius 2 is 1.37 bits per heavy atom. The first-order chi connectivity index (χ1) is 15.9. The second-order valence-electron chi connectivity index (χ2n) is 10.3. The lowest BCUT2D eigenvalue weighted by molar-refractivity contribution is -0.164. The molecule has 0 aliphatic carbocycles. The Morgan fingerprint density at radius 3 is 1.69 bits per heavy atom. The Labute approximate surface area is 232 Å². The minimum atomic E-state index is -1.97. The van der Waals surface area contributed by atoms with E-state index in [-0.39, 0.29) is 17.7 Å². The number of rotatable bonds is 11. The third-order valence-corrected chi connectivity index (χ3v) is 6.80. The third kappa shape index (κ3) is 7.16. The standard InChI is InChI=1S/C24H34F2I2N2O5/c1-22(2,3)24(21(34)35,8-7-18(31)32)30(23(4,5)6)20(33)15-13-16(25)19(17(26)14-15)29(11-9-27)12-10-28/h13-14H,7-12H2,1-6H3,(H,31,32)(H,34,35)/t24-/m0/s1. The fourth-order valence-electron chi connectivity index (χ4n) is 4.34. The highest BCUT2D eigenvalue weighted by Gasteiger charge is 2.58. The number of carbonyl (C=O) groups is 3. The Bertz CT molecular complexity index is 918. The molecule has 0 radical (unpaired) electrons. The van der Waals surface area contributed by atoms with E-state index in [4.69, 9.17) is 0 Å². The number of hydrogen-bond acceptors (Lipinski definition) is 4. The van der Waals surface area contributed by atoms with Gasteiger partial charge in [-0.3, -0.25) is 9.59 Å². The van der Waals surface area contributed by atoms with E-state index >= 15 is 8.78 Å². The molecule has 0 bridgehead atoms. The van der Waals surface area contributed by atoms with Crippen molar-refractivity contribution in [1.82, 2.24) is 4.90 Å². The lowest BCUT2D eigenvalue weighted by Crippen LogP contribution is -2.69. The van der Waals surface area contributed by atoms with Crippen molar-refractivity contribution < 1.29 is 33.4 Å². The summed E-state index contributed by atoms with van der Waals surface area (Å²) in [6.45, 7) is 10.5. The van der Waals surface area contributed by atoms with Crippen LogP contribution in [0, 0.1) is 17.0 Å². The molecule has 0 aliphatic heterocycles. The van der Waals surface area contributed by atoms with E-state index in [0.717, 1.165) is 17.0 Å². The van der Waals surface area contributed by atoms with Crippen LogP contribution in [0.5, 0.6) is 0 Å². The van der Waals surface area contributed by atoms with Crippen molar-refractivity contribution in [1.29, 1.82) is 0 Å². The summed E-state index contributed by atoms with van der Waals surface area (Å²) >= 11 is 4.23. The SMILES string of the molecule is CC(C)(C)N(C(=O)c1cc(F)c(N(CCI)CCI)c(F)c1)[C@@](CCC(=O)O)(C(=O)O)C(C)(C)C. The summed E-state index contributed by atoms with van der Waals surface area (Å²) in [5.41, 5.74) is -4.79. The summed E-state index contributed by atoms with van der Waals surface area (Å²) in [5.74, 6) is -5.33. The molecule has 35 heavy (non-hydrogen) atoms. The van der Waals surface area contributed by atoms with Crippen molar-refractivity contribution in [2.75, 3.05) is 26.8 Å². The first-order valence-electron chi connectivity index (χ1n) is 11.1. The molecule has 1 aromatic rings. The predicted octanol–water partition coefficient (Wildman–Crippen LogP) is 5.62. The molecule has 1 aromatic carbocycles. The summed E-state index contributed by atoms with van der Waals surface area (Å²) in [5, 5.41) is 19.7. The monoisotopic (exact) mass is 722 g/mol. The molecular formula is C24H34F2I2N2O5. The van der Waals surface area contributed by atoms with Gasteiger partial charge < -0.3 is 20.0 Å². The molecule has 0 fully saturated rings. The van der Waals surface area contributed by atoms with Crippen molar-refractivity contribution in [3.63, 3.8) is 0 Å². The summed E-state index contributed by atoms with van der Waals surface area (Å²) in [7, 11) is 0. The van der Waals surface area contributed by atoms with Crippen LogP contribution in [0.15, 0.2) is 12.1 Å². The smallest absolute Gasteiger partial charge is 0.330 e. The average Bonchev–Trinajstić information content (AvgIpc) is 2.68. The highest BCUT2D eigenvalue weighted by molar-refractivity contribution is 14.1. The fraction of sp³-hybridized carbons (Fsp3) is 0.625. The molecule has 0 saturated heterocycles. The van der Waals surface area contributed by atoms with Gasteiger partial charge in [-0.15, -0.1) is 0 Å². The maximum Gasteiger partial charge on any atom is 0.330 e. The van der Waals surface area contributed by atoms with Gasteiger partial charge in [-0.1, -0.05) is 66.0 Å². The minimum Gasteiger partial charge on any atom is -0.481 e. The van der Waals surface area contributed by atoms with E-state index in [1.54, 1.807) is 46.4 Å². The van der Waals surface area contributed by atoms with E-state index in [1.807, 2.05) is 0 Å². The molecule has 7 nitrogen and oxygen atoms in total. The van der Waals surface area contributed by atoms with Gasteiger partial charge >= 0.3 is 11.9 Å². The van der Waals surface area contributed by atoms with Crippen LogP contribution in [0.1, 0.15) is 64.7 Å². The van der Waals surface area contributed by atoms with Crippen molar-refractivity contribution >= 4 is 68.7 Å². The number of aliphatic carboxylic acids is 2. The van der Waals surface area contributed by atoms with E-state index in [9.17, 15) is 24.6 Å². The Balaban J connectivity index is 3.81. The van der Waals surface area contributed by atoms with Gasteiger partial charge in [-0.05, 0) is 44.7 Å². The van der Waals surface area contributed by atoms with Crippen LogP contribution < -0.4 is 4.90 Å². The highest BCUT2D eigenvalue weighted by Crippen LogP contribution is 2.44. The van der Waals surface area contributed by atoms with Crippen LogP contribution in [-0.2, 0) is 9.59 Å². The average molecular weight is 722 g/mol. The molecular weight excluding hydrogens is 688 g/mol. The largest absolute Gasteiger partial charge is 0.481 e. The van der Waals surface area contributed by atoms with E-state index in [2.05, 4.69) is 45.2 Å². The molecule has 11 heteroatoms. The highest BCUT2D eigenvalue weighted by atomic mass is 127. The lowest BCUT2D eigenvalue weighted by atomic mass is 9.67. The molecule has 0 aliphatic rings. The van der Waals surface area contributed by atoms with Gasteiger partial charge in [0.15, 0.2) is 0 Å². The number of carboxylic acids is 2. The first-order valence-corrected chi connectivity index (χ1v) is 14.2. The number of carbonyl (C=O) groups excluding carboxylic acids is 1. The van der Waals surface area contributed by atoms with Crippen molar-refractivity contribution in [3.05, 3.63) is 29.3 Å². The second kappa shape index (κ2) is 12.3. The molecule has 0 saturated carbocycles. The molecule has 198 valence electrons. The number of hydrogen-bond donors (Lipinski definition) is 2. The molecule has 0 heterocycles. The molecule has 0 spiro atoms. The van der Waals surface area contributed by atoms with Crippen molar-refractivity contribution in [2.45, 2.75) is 65.5 Å². The van der Waals surface area contributed by atoms with Crippen LogP contribution in [0.4, 0.5) is 14.5 Å². The topological polar surface area (TPSA) is 98.2 Å². The second-order valence-corrected chi connectivity index (χ2v) is 12.4. The number of amides is 1. The van der Waals surface area contributed by atoms with Crippen molar-refractivity contribution in [2.24, 2.45) is 5.41 Å². The molecule has 0 aromatic heterocycles. The zero-order valence-electron chi connectivity index (χ0n) is 20.9. The lowest BCUT2D eigenvalue weighted by Gasteiger charge is -2.54. The molecule has 2 N–H and O–H groups in total. The van der Waals surface area contributed by atoms with Gasteiger partial charge in [0.1, 0.15) is 22.9 Å². The summed E-state index contributed by atoms with van der Waals surface area (Å²) < 4.78 is 31.7. The van der Waals surface area contributed by atoms with Gasteiger partial charge in [0.2, 0.25) is 0 Å². The Kier molecular flexibility index (Phi) is 11.2. The number of benzene rings is 1. The van der Waals surface area contributed by atoms with Crippen LogP contribution in [-0.4, -0.2) is 66.0 Å². The first kappa shape index (κ1) is 31.8. The number of nitrogens with zero attached hydrogens (tertiary/aromatic N) is 2. The third-order valence-electron chi connectivity index (χ3n) is 5.84. The fourth-order valence-corrected chi connectivity index (χ4v) is 5.51. The zero-order chi connectivity index (χ0) is 27.4. The predicted molar refractivity (Wildman–Crippen MR) is 149 cm³/mol. The quantitative estimate of drug-likeness (QED) is 0.228. The zero-order valence-corrected chi connectivity index (χ0v) is 25.2. The van der Waals surface area contributed by atoms with Gasteiger partial charge in [-0.2, -0.15) is 0 Å².